The molecule has 1 aromatic rings. The first kappa shape index (κ1) is 13.1. The van der Waals surface area contributed by atoms with E-state index in [4.69, 9.17) is 4.74 Å². The van der Waals surface area contributed by atoms with Gasteiger partial charge in [-0.05, 0) is 25.8 Å². The Balaban J connectivity index is 2.81. The molecule has 0 fully saturated rings. The van der Waals surface area contributed by atoms with Gasteiger partial charge < -0.3 is 9.84 Å². The fraction of sp³-hybridized carbons (Fsp3) is 0.615. The van der Waals surface area contributed by atoms with Crippen LogP contribution in [0.25, 0.3) is 0 Å². The highest BCUT2D eigenvalue weighted by Gasteiger charge is 2.24. The lowest BCUT2D eigenvalue weighted by atomic mass is 9.97. The number of aliphatic hydroxyl groups excluding tert-OH is 1. The molecule has 0 amide bonds. The number of aliphatic hydroxyl groups is 1. The first-order valence-corrected chi connectivity index (χ1v) is 5.78. The van der Waals surface area contributed by atoms with Crippen LogP contribution in [0.15, 0.2) is 18.3 Å². The minimum Gasteiger partial charge on any atom is -0.386 e. The van der Waals surface area contributed by atoms with Gasteiger partial charge >= 0.3 is 0 Å². The second-order valence-electron chi connectivity index (χ2n) is 4.34. The van der Waals surface area contributed by atoms with Crippen molar-refractivity contribution in [3.05, 3.63) is 29.6 Å². The Morgan fingerprint density at radius 3 is 2.50 bits per heavy atom. The van der Waals surface area contributed by atoms with Crippen LogP contribution in [0.5, 0.6) is 0 Å². The maximum atomic E-state index is 10.2. The van der Waals surface area contributed by atoms with Gasteiger partial charge in [-0.25, -0.2) is 0 Å². The van der Waals surface area contributed by atoms with Gasteiger partial charge in [0.15, 0.2) is 0 Å². The quantitative estimate of drug-likeness (QED) is 0.834. The molecular weight excluding hydrogens is 202 g/mol. The van der Waals surface area contributed by atoms with Crippen LogP contribution in [0.1, 0.15) is 38.1 Å². The second-order valence-corrected chi connectivity index (χ2v) is 4.34. The molecule has 1 heterocycles. The average molecular weight is 223 g/mol. The maximum absolute atomic E-state index is 10.2. The van der Waals surface area contributed by atoms with Crippen molar-refractivity contribution in [2.75, 3.05) is 6.61 Å². The molecule has 1 N–H and O–H groups in total. The molecule has 0 bridgehead atoms. The molecule has 0 saturated heterocycles. The minimum atomic E-state index is -0.604. The molecule has 2 atom stereocenters. The standard InChI is InChI=1S/C13H21NO2/c1-5-16-13(9(2)3)12(15)11-7-6-10(4)14-8-11/h6-9,12-13,15H,5H2,1-4H3. The van der Waals surface area contributed by atoms with Crippen molar-refractivity contribution < 1.29 is 9.84 Å². The molecule has 1 rings (SSSR count). The van der Waals surface area contributed by atoms with Crippen molar-refractivity contribution in [2.24, 2.45) is 5.92 Å². The fourth-order valence-corrected chi connectivity index (χ4v) is 1.68. The van der Waals surface area contributed by atoms with Crippen LogP contribution >= 0.6 is 0 Å². The molecule has 0 spiro atoms. The van der Waals surface area contributed by atoms with Crippen LogP contribution in [-0.2, 0) is 4.74 Å². The SMILES string of the molecule is CCOC(C(C)C)C(O)c1ccc(C)nc1. The molecule has 0 aromatic carbocycles. The summed E-state index contributed by atoms with van der Waals surface area (Å²) in [5.41, 5.74) is 1.77. The number of hydrogen-bond acceptors (Lipinski definition) is 3. The molecule has 90 valence electrons. The third kappa shape index (κ3) is 3.29. The van der Waals surface area contributed by atoms with Crippen LogP contribution in [0, 0.1) is 12.8 Å². The van der Waals surface area contributed by atoms with E-state index in [9.17, 15) is 5.11 Å². The highest BCUT2D eigenvalue weighted by Crippen LogP contribution is 2.24. The van der Waals surface area contributed by atoms with E-state index in [1.807, 2.05) is 39.8 Å². The molecule has 0 saturated carbocycles. The Hall–Kier alpha value is -0.930. The van der Waals surface area contributed by atoms with E-state index in [0.29, 0.717) is 6.61 Å². The first-order chi connectivity index (χ1) is 7.56. The number of hydrogen-bond donors (Lipinski definition) is 1. The number of aryl methyl sites for hydroxylation is 1. The monoisotopic (exact) mass is 223 g/mol. The molecular formula is C13H21NO2. The summed E-state index contributed by atoms with van der Waals surface area (Å²) in [5.74, 6) is 0.274. The Kier molecular flexibility index (Phi) is 4.90. The van der Waals surface area contributed by atoms with E-state index in [2.05, 4.69) is 4.98 Å². The highest BCUT2D eigenvalue weighted by atomic mass is 16.5. The molecule has 0 radical (unpaired) electrons. The molecule has 2 unspecified atom stereocenters. The summed E-state index contributed by atoms with van der Waals surface area (Å²) in [5, 5.41) is 10.2. The summed E-state index contributed by atoms with van der Waals surface area (Å²) in [6, 6.07) is 3.81. The van der Waals surface area contributed by atoms with Crippen LogP contribution in [-0.4, -0.2) is 22.8 Å². The van der Waals surface area contributed by atoms with Crippen LogP contribution < -0.4 is 0 Å². The molecule has 0 aliphatic heterocycles. The summed E-state index contributed by atoms with van der Waals surface area (Å²) >= 11 is 0. The summed E-state index contributed by atoms with van der Waals surface area (Å²) in [6.45, 7) is 8.57. The number of aromatic nitrogens is 1. The van der Waals surface area contributed by atoms with Gasteiger partial charge in [-0.3, -0.25) is 4.98 Å². The maximum Gasteiger partial charge on any atom is 0.107 e. The topological polar surface area (TPSA) is 42.4 Å². The number of pyridine rings is 1. The molecule has 1 aromatic heterocycles. The number of rotatable bonds is 5. The predicted molar refractivity (Wildman–Crippen MR) is 64.2 cm³/mol. The van der Waals surface area contributed by atoms with Crippen molar-refractivity contribution in [1.29, 1.82) is 0 Å². The van der Waals surface area contributed by atoms with E-state index in [1.54, 1.807) is 6.20 Å². The summed E-state index contributed by atoms with van der Waals surface area (Å²) in [4.78, 5) is 4.19. The largest absolute Gasteiger partial charge is 0.386 e. The van der Waals surface area contributed by atoms with E-state index >= 15 is 0 Å². The van der Waals surface area contributed by atoms with Crippen molar-refractivity contribution in [2.45, 2.75) is 39.9 Å². The van der Waals surface area contributed by atoms with Crippen molar-refractivity contribution >= 4 is 0 Å². The Morgan fingerprint density at radius 2 is 2.06 bits per heavy atom. The zero-order valence-corrected chi connectivity index (χ0v) is 10.5. The van der Waals surface area contributed by atoms with E-state index in [1.165, 1.54) is 0 Å². The second kappa shape index (κ2) is 5.97. The van der Waals surface area contributed by atoms with E-state index in [0.717, 1.165) is 11.3 Å². The van der Waals surface area contributed by atoms with E-state index in [-0.39, 0.29) is 12.0 Å². The normalized spacial score (nSPS) is 15.1. The Bertz CT molecular complexity index is 308. The van der Waals surface area contributed by atoms with Gasteiger partial charge in [0.05, 0.1) is 6.10 Å². The van der Waals surface area contributed by atoms with Crippen molar-refractivity contribution in [3.63, 3.8) is 0 Å². The average Bonchev–Trinajstić information content (AvgIpc) is 2.25. The van der Waals surface area contributed by atoms with Gasteiger partial charge in [0.1, 0.15) is 6.10 Å². The lowest BCUT2D eigenvalue weighted by molar-refractivity contribution is -0.0586. The van der Waals surface area contributed by atoms with Gasteiger partial charge in [-0.2, -0.15) is 0 Å². The minimum absolute atomic E-state index is 0.172. The summed E-state index contributed by atoms with van der Waals surface area (Å²) in [7, 11) is 0. The fourth-order valence-electron chi connectivity index (χ4n) is 1.68. The van der Waals surface area contributed by atoms with Gasteiger partial charge in [-0.15, -0.1) is 0 Å². The van der Waals surface area contributed by atoms with Crippen LogP contribution in [0.2, 0.25) is 0 Å². The summed E-state index contributed by atoms with van der Waals surface area (Å²) in [6.07, 6.45) is 0.941. The smallest absolute Gasteiger partial charge is 0.107 e. The molecule has 3 nitrogen and oxygen atoms in total. The van der Waals surface area contributed by atoms with E-state index < -0.39 is 6.10 Å². The lowest BCUT2D eigenvalue weighted by Gasteiger charge is -2.26. The predicted octanol–water partition coefficient (Wildman–Crippen LogP) is 2.48. The van der Waals surface area contributed by atoms with Crippen molar-refractivity contribution in [1.82, 2.24) is 4.98 Å². The van der Waals surface area contributed by atoms with Crippen LogP contribution in [0.4, 0.5) is 0 Å². The van der Waals surface area contributed by atoms with Gasteiger partial charge in [-0.1, -0.05) is 19.9 Å². The third-order valence-electron chi connectivity index (χ3n) is 2.60. The van der Waals surface area contributed by atoms with Crippen LogP contribution in [0.3, 0.4) is 0 Å². The van der Waals surface area contributed by atoms with Gasteiger partial charge in [0.2, 0.25) is 0 Å². The number of ether oxygens (including phenoxy) is 1. The van der Waals surface area contributed by atoms with Crippen molar-refractivity contribution in [3.8, 4) is 0 Å². The Morgan fingerprint density at radius 1 is 1.38 bits per heavy atom. The number of nitrogens with zero attached hydrogens (tertiary/aromatic N) is 1. The molecule has 0 aliphatic carbocycles. The molecule has 0 aliphatic rings. The Labute approximate surface area is 97.5 Å². The molecule has 3 heteroatoms. The summed E-state index contributed by atoms with van der Waals surface area (Å²) < 4.78 is 5.57. The third-order valence-corrected chi connectivity index (χ3v) is 2.60. The molecule has 16 heavy (non-hydrogen) atoms. The lowest BCUT2D eigenvalue weighted by Crippen LogP contribution is -2.28. The zero-order chi connectivity index (χ0) is 12.1. The van der Waals surface area contributed by atoms with Gasteiger partial charge in [0, 0.05) is 24.1 Å². The van der Waals surface area contributed by atoms with Gasteiger partial charge in [0.25, 0.3) is 0 Å². The zero-order valence-electron chi connectivity index (χ0n) is 10.5. The highest BCUT2D eigenvalue weighted by molar-refractivity contribution is 5.17. The first-order valence-electron chi connectivity index (χ1n) is 5.78.